The molecule has 1 fully saturated rings. The molecule has 2 aromatic rings. The summed E-state index contributed by atoms with van der Waals surface area (Å²) in [5.41, 5.74) is 2.44. The third-order valence-corrected chi connectivity index (χ3v) is 4.80. The minimum absolute atomic E-state index is 0.364. The predicted molar refractivity (Wildman–Crippen MR) is 99.1 cm³/mol. The molecule has 136 valence electrons. The van der Waals surface area contributed by atoms with Crippen molar-refractivity contribution in [3.63, 3.8) is 0 Å². The van der Waals surface area contributed by atoms with Crippen molar-refractivity contribution < 1.29 is 0 Å². The first-order valence-corrected chi connectivity index (χ1v) is 9.29. The highest BCUT2D eigenvalue weighted by atomic mass is 15.2. The maximum Gasteiger partial charge on any atom is 0.125 e. The van der Waals surface area contributed by atoms with Gasteiger partial charge < -0.3 is 9.47 Å². The molecule has 0 spiro atoms. The Morgan fingerprint density at radius 2 is 2.12 bits per heavy atom. The van der Waals surface area contributed by atoms with E-state index in [9.17, 15) is 0 Å². The Kier molecular flexibility index (Phi) is 5.81. The maximum atomic E-state index is 4.84. The molecule has 3 heterocycles. The standard InChI is InChI=1S/C19H30N6/c1-5-9-24-11-8-20-18(24)14-25-10-6-7-17(25)19-16(13-23(3)4)12-21-15(2)22-19/h8,11-12,17H,5-7,9-10,13-14H2,1-4H3/t17-/m1/s1. The molecule has 3 rings (SSSR count). The molecule has 0 radical (unpaired) electrons. The lowest BCUT2D eigenvalue weighted by atomic mass is 10.1. The predicted octanol–water partition coefficient (Wildman–Crippen LogP) is 2.79. The Labute approximate surface area is 150 Å². The quantitative estimate of drug-likeness (QED) is 0.774. The number of rotatable bonds is 7. The molecule has 0 N–H and O–H groups in total. The first-order chi connectivity index (χ1) is 12.1. The van der Waals surface area contributed by atoms with Gasteiger partial charge in [-0.1, -0.05) is 6.92 Å². The second-order valence-electron chi connectivity index (χ2n) is 7.23. The maximum absolute atomic E-state index is 4.84. The average molecular weight is 342 g/mol. The number of aryl methyl sites for hydroxylation is 2. The van der Waals surface area contributed by atoms with Crippen LogP contribution in [0.3, 0.4) is 0 Å². The molecule has 0 bridgehead atoms. The van der Waals surface area contributed by atoms with Gasteiger partial charge in [-0.3, -0.25) is 4.90 Å². The van der Waals surface area contributed by atoms with Gasteiger partial charge in [-0.25, -0.2) is 15.0 Å². The highest BCUT2D eigenvalue weighted by Gasteiger charge is 2.30. The Hall–Kier alpha value is -1.79. The van der Waals surface area contributed by atoms with Crippen molar-refractivity contribution in [3.8, 4) is 0 Å². The van der Waals surface area contributed by atoms with Crippen molar-refractivity contribution in [2.24, 2.45) is 0 Å². The van der Waals surface area contributed by atoms with Crippen LogP contribution in [0.4, 0.5) is 0 Å². The van der Waals surface area contributed by atoms with E-state index in [0.717, 1.165) is 50.7 Å². The normalized spacial score (nSPS) is 18.4. The van der Waals surface area contributed by atoms with Crippen LogP contribution in [0.15, 0.2) is 18.6 Å². The van der Waals surface area contributed by atoms with E-state index in [4.69, 9.17) is 4.98 Å². The van der Waals surface area contributed by atoms with Crippen molar-refractivity contribution in [2.45, 2.75) is 58.8 Å². The zero-order valence-electron chi connectivity index (χ0n) is 15.9. The molecule has 1 atom stereocenters. The lowest BCUT2D eigenvalue weighted by molar-refractivity contribution is 0.231. The van der Waals surface area contributed by atoms with Crippen LogP contribution in [0.25, 0.3) is 0 Å². The van der Waals surface area contributed by atoms with Crippen LogP contribution in [-0.4, -0.2) is 50.0 Å². The van der Waals surface area contributed by atoms with Gasteiger partial charge in [0, 0.05) is 37.2 Å². The lowest BCUT2D eigenvalue weighted by Crippen LogP contribution is -2.27. The Balaban J connectivity index is 1.84. The minimum atomic E-state index is 0.364. The summed E-state index contributed by atoms with van der Waals surface area (Å²) in [6.07, 6.45) is 9.52. The summed E-state index contributed by atoms with van der Waals surface area (Å²) in [4.78, 5) is 18.6. The average Bonchev–Trinajstić information content (AvgIpc) is 3.19. The van der Waals surface area contributed by atoms with Crippen LogP contribution >= 0.6 is 0 Å². The fraction of sp³-hybridized carbons (Fsp3) is 0.632. The zero-order valence-corrected chi connectivity index (χ0v) is 15.9. The second kappa shape index (κ2) is 8.06. The highest BCUT2D eigenvalue weighted by Crippen LogP contribution is 2.34. The van der Waals surface area contributed by atoms with Gasteiger partial charge in [0.15, 0.2) is 0 Å². The van der Waals surface area contributed by atoms with Crippen molar-refractivity contribution in [1.82, 2.24) is 29.3 Å². The van der Waals surface area contributed by atoms with E-state index in [2.05, 4.69) is 51.6 Å². The topological polar surface area (TPSA) is 50.1 Å². The Bertz CT molecular complexity index is 693. The first-order valence-electron chi connectivity index (χ1n) is 9.29. The van der Waals surface area contributed by atoms with E-state index in [-0.39, 0.29) is 0 Å². The zero-order chi connectivity index (χ0) is 17.8. The van der Waals surface area contributed by atoms with E-state index >= 15 is 0 Å². The summed E-state index contributed by atoms with van der Waals surface area (Å²) in [6.45, 7) is 8.10. The van der Waals surface area contributed by atoms with Gasteiger partial charge >= 0.3 is 0 Å². The van der Waals surface area contributed by atoms with Crippen LogP contribution < -0.4 is 0 Å². The van der Waals surface area contributed by atoms with E-state index in [1.54, 1.807) is 0 Å². The van der Waals surface area contributed by atoms with Crippen LogP contribution in [-0.2, 0) is 19.6 Å². The second-order valence-corrected chi connectivity index (χ2v) is 7.23. The van der Waals surface area contributed by atoms with Crippen molar-refractivity contribution in [3.05, 3.63) is 41.5 Å². The minimum Gasteiger partial charge on any atom is -0.334 e. The summed E-state index contributed by atoms with van der Waals surface area (Å²) in [5, 5.41) is 0. The van der Waals surface area contributed by atoms with Crippen LogP contribution in [0.5, 0.6) is 0 Å². The molecule has 1 aliphatic rings. The summed E-state index contributed by atoms with van der Waals surface area (Å²) >= 11 is 0. The van der Waals surface area contributed by atoms with Gasteiger partial charge in [-0.15, -0.1) is 0 Å². The van der Waals surface area contributed by atoms with Crippen LogP contribution in [0.1, 0.15) is 55.1 Å². The number of hydrogen-bond acceptors (Lipinski definition) is 5. The molecular formula is C19H30N6. The summed E-state index contributed by atoms with van der Waals surface area (Å²) in [7, 11) is 4.19. The van der Waals surface area contributed by atoms with Gasteiger partial charge in [0.05, 0.1) is 18.3 Å². The van der Waals surface area contributed by atoms with Gasteiger partial charge in [0.25, 0.3) is 0 Å². The molecule has 1 saturated heterocycles. The van der Waals surface area contributed by atoms with Gasteiger partial charge in [-0.05, 0) is 46.8 Å². The lowest BCUT2D eigenvalue weighted by Gasteiger charge is -2.26. The monoisotopic (exact) mass is 342 g/mol. The molecule has 0 aliphatic carbocycles. The summed E-state index contributed by atoms with van der Waals surface area (Å²) < 4.78 is 2.28. The third-order valence-electron chi connectivity index (χ3n) is 4.80. The molecule has 0 amide bonds. The van der Waals surface area contributed by atoms with Crippen molar-refractivity contribution in [1.29, 1.82) is 0 Å². The fourth-order valence-corrected chi connectivity index (χ4v) is 3.71. The largest absolute Gasteiger partial charge is 0.334 e. The molecular weight excluding hydrogens is 312 g/mol. The Morgan fingerprint density at radius 1 is 1.28 bits per heavy atom. The number of hydrogen-bond donors (Lipinski definition) is 0. The molecule has 0 aromatic carbocycles. The first kappa shape index (κ1) is 18.0. The summed E-state index contributed by atoms with van der Waals surface area (Å²) in [5.74, 6) is 2.02. The molecule has 2 aromatic heterocycles. The van der Waals surface area contributed by atoms with Crippen molar-refractivity contribution in [2.75, 3.05) is 20.6 Å². The molecule has 25 heavy (non-hydrogen) atoms. The third kappa shape index (κ3) is 4.25. The number of aromatic nitrogens is 4. The van der Waals surface area contributed by atoms with Gasteiger partial charge in [0.2, 0.25) is 0 Å². The highest BCUT2D eigenvalue weighted by molar-refractivity contribution is 5.22. The molecule has 6 nitrogen and oxygen atoms in total. The molecule has 6 heteroatoms. The van der Waals surface area contributed by atoms with E-state index in [1.807, 2.05) is 19.3 Å². The number of imidazole rings is 1. The van der Waals surface area contributed by atoms with Gasteiger partial charge in [-0.2, -0.15) is 0 Å². The molecule has 0 unspecified atom stereocenters. The number of nitrogens with zero attached hydrogens (tertiary/aromatic N) is 6. The SMILES string of the molecule is CCCn1ccnc1CN1CCC[C@@H]1c1nc(C)ncc1CN(C)C. The van der Waals surface area contributed by atoms with E-state index in [0.29, 0.717) is 6.04 Å². The fourth-order valence-electron chi connectivity index (χ4n) is 3.71. The smallest absolute Gasteiger partial charge is 0.125 e. The Morgan fingerprint density at radius 3 is 2.88 bits per heavy atom. The van der Waals surface area contributed by atoms with E-state index in [1.165, 1.54) is 17.7 Å². The molecule has 0 saturated carbocycles. The number of likely N-dealkylation sites (tertiary alicyclic amines) is 1. The van der Waals surface area contributed by atoms with E-state index < -0.39 is 0 Å². The van der Waals surface area contributed by atoms with Gasteiger partial charge in [0.1, 0.15) is 11.6 Å². The van der Waals surface area contributed by atoms with Crippen LogP contribution in [0, 0.1) is 6.92 Å². The summed E-state index contributed by atoms with van der Waals surface area (Å²) in [6, 6.07) is 0.364. The van der Waals surface area contributed by atoms with Crippen LogP contribution in [0.2, 0.25) is 0 Å². The van der Waals surface area contributed by atoms with Crippen molar-refractivity contribution >= 4 is 0 Å². The molecule has 1 aliphatic heterocycles.